The lowest BCUT2D eigenvalue weighted by atomic mass is 10.0. The summed E-state index contributed by atoms with van der Waals surface area (Å²) in [5.74, 6) is 0.652. The third kappa shape index (κ3) is 3.72. The van der Waals surface area contributed by atoms with Gasteiger partial charge in [0.1, 0.15) is 5.75 Å². The molecule has 0 atom stereocenters. The van der Waals surface area contributed by atoms with Gasteiger partial charge in [-0.15, -0.1) is 0 Å². The van der Waals surface area contributed by atoms with Crippen molar-refractivity contribution >= 4 is 12.2 Å². The maximum Gasteiger partial charge on any atom is 0.259 e. The number of rotatable bonds is 5. The van der Waals surface area contributed by atoms with Crippen molar-refractivity contribution in [1.29, 1.82) is 0 Å². The SMILES string of the molecule is CCCOc1ccc(Cc2c(O)[nH]c(=S)[nH]c2=O)cc1C. The highest BCUT2D eigenvalue weighted by molar-refractivity contribution is 7.71. The first-order valence-corrected chi connectivity index (χ1v) is 7.19. The Morgan fingerprint density at radius 1 is 1.33 bits per heavy atom. The molecule has 0 aliphatic rings. The summed E-state index contributed by atoms with van der Waals surface area (Å²) in [4.78, 5) is 16.8. The molecule has 0 amide bonds. The van der Waals surface area contributed by atoms with Crippen molar-refractivity contribution in [3.05, 3.63) is 50.0 Å². The van der Waals surface area contributed by atoms with E-state index in [0.717, 1.165) is 23.3 Å². The Morgan fingerprint density at radius 2 is 2.10 bits per heavy atom. The average molecular weight is 306 g/mol. The highest BCUT2D eigenvalue weighted by Crippen LogP contribution is 2.22. The van der Waals surface area contributed by atoms with E-state index in [1.807, 2.05) is 25.1 Å². The molecule has 0 fully saturated rings. The molecule has 112 valence electrons. The standard InChI is InChI=1S/C15H18N2O3S/c1-3-6-20-12-5-4-10(7-9(12)2)8-11-13(18)16-15(21)17-14(11)19/h4-5,7H,3,6,8H2,1-2H3,(H3,16,17,18,19,21). The molecule has 2 rings (SSSR count). The molecule has 5 nitrogen and oxygen atoms in total. The van der Waals surface area contributed by atoms with E-state index in [9.17, 15) is 9.90 Å². The smallest absolute Gasteiger partial charge is 0.259 e. The number of hydrogen-bond donors (Lipinski definition) is 3. The number of ether oxygens (including phenoxy) is 1. The second-order valence-electron chi connectivity index (χ2n) is 4.86. The first kappa shape index (κ1) is 15.3. The molecular formula is C15H18N2O3S. The monoisotopic (exact) mass is 306 g/mol. The molecule has 1 aromatic heterocycles. The molecule has 1 heterocycles. The van der Waals surface area contributed by atoms with Crippen molar-refractivity contribution in [1.82, 2.24) is 9.97 Å². The van der Waals surface area contributed by atoms with Gasteiger partial charge >= 0.3 is 0 Å². The number of H-pyrrole nitrogens is 2. The number of aryl methyl sites for hydroxylation is 1. The molecule has 3 N–H and O–H groups in total. The van der Waals surface area contributed by atoms with Gasteiger partial charge in [0.15, 0.2) is 10.7 Å². The van der Waals surface area contributed by atoms with Crippen LogP contribution >= 0.6 is 12.2 Å². The van der Waals surface area contributed by atoms with Gasteiger partial charge in [0.2, 0.25) is 0 Å². The minimum Gasteiger partial charge on any atom is -0.494 e. The van der Waals surface area contributed by atoms with E-state index in [1.54, 1.807) is 0 Å². The van der Waals surface area contributed by atoms with Crippen molar-refractivity contribution in [2.75, 3.05) is 6.61 Å². The van der Waals surface area contributed by atoms with Gasteiger partial charge in [-0.1, -0.05) is 19.1 Å². The summed E-state index contributed by atoms with van der Waals surface area (Å²) >= 11 is 4.80. The molecule has 0 aliphatic carbocycles. The summed E-state index contributed by atoms with van der Waals surface area (Å²) in [6, 6.07) is 5.72. The van der Waals surface area contributed by atoms with Crippen LogP contribution in [0, 0.1) is 11.7 Å². The molecule has 21 heavy (non-hydrogen) atoms. The van der Waals surface area contributed by atoms with E-state index in [-0.39, 0.29) is 21.8 Å². The topological polar surface area (TPSA) is 78.1 Å². The fraction of sp³-hybridized carbons (Fsp3) is 0.333. The highest BCUT2D eigenvalue weighted by atomic mass is 32.1. The van der Waals surface area contributed by atoms with Crippen LogP contribution in [0.15, 0.2) is 23.0 Å². The molecule has 0 radical (unpaired) electrons. The molecule has 0 saturated carbocycles. The van der Waals surface area contributed by atoms with Gasteiger partial charge in [-0.3, -0.25) is 9.78 Å². The maximum atomic E-state index is 11.8. The van der Waals surface area contributed by atoms with Crippen LogP contribution in [-0.2, 0) is 6.42 Å². The first-order valence-electron chi connectivity index (χ1n) is 6.78. The fourth-order valence-electron chi connectivity index (χ4n) is 2.06. The Morgan fingerprint density at radius 3 is 2.71 bits per heavy atom. The number of hydrogen-bond acceptors (Lipinski definition) is 4. The Kier molecular flexibility index (Phi) is 4.80. The van der Waals surface area contributed by atoms with Crippen LogP contribution < -0.4 is 10.3 Å². The van der Waals surface area contributed by atoms with E-state index in [1.165, 1.54) is 0 Å². The molecule has 0 bridgehead atoms. The summed E-state index contributed by atoms with van der Waals surface area (Å²) in [5, 5.41) is 9.81. The van der Waals surface area contributed by atoms with Gasteiger partial charge in [-0.25, -0.2) is 0 Å². The number of aromatic nitrogens is 2. The van der Waals surface area contributed by atoms with Crippen LogP contribution in [0.2, 0.25) is 0 Å². The van der Waals surface area contributed by atoms with Gasteiger partial charge in [-0.2, -0.15) is 0 Å². The van der Waals surface area contributed by atoms with Crippen LogP contribution in [0.5, 0.6) is 11.6 Å². The Labute approximate surface area is 127 Å². The lowest BCUT2D eigenvalue weighted by Crippen LogP contribution is -2.14. The number of aromatic amines is 2. The van der Waals surface area contributed by atoms with Crippen LogP contribution in [0.25, 0.3) is 0 Å². The lowest BCUT2D eigenvalue weighted by Gasteiger charge is -2.10. The zero-order chi connectivity index (χ0) is 15.4. The molecule has 0 unspecified atom stereocenters. The van der Waals surface area contributed by atoms with E-state index >= 15 is 0 Å². The van der Waals surface area contributed by atoms with Crippen molar-refractivity contribution < 1.29 is 9.84 Å². The third-order valence-electron chi connectivity index (χ3n) is 3.10. The average Bonchev–Trinajstić information content (AvgIpc) is 2.42. The van der Waals surface area contributed by atoms with E-state index < -0.39 is 0 Å². The maximum absolute atomic E-state index is 11.8. The van der Waals surface area contributed by atoms with Gasteiger partial charge < -0.3 is 14.8 Å². The molecule has 6 heteroatoms. The number of nitrogens with one attached hydrogen (secondary N) is 2. The quantitative estimate of drug-likeness (QED) is 0.742. The van der Waals surface area contributed by atoms with E-state index in [2.05, 4.69) is 16.9 Å². The van der Waals surface area contributed by atoms with Crippen molar-refractivity contribution in [2.24, 2.45) is 0 Å². The molecule has 0 saturated heterocycles. The molecular weight excluding hydrogens is 288 g/mol. The van der Waals surface area contributed by atoms with E-state index in [0.29, 0.717) is 13.0 Å². The molecule has 0 spiro atoms. The Hall–Kier alpha value is -2.08. The van der Waals surface area contributed by atoms with Crippen LogP contribution in [0.3, 0.4) is 0 Å². The Bertz CT molecular complexity index is 749. The minimum absolute atomic E-state index is 0.112. The van der Waals surface area contributed by atoms with Crippen molar-refractivity contribution in [2.45, 2.75) is 26.7 Å². The van der Waals surface area contributed by atoms with Crippen LogP contribution in [0.1, 0.15) is 30.0 Å². The summed E-state index contributed by atoms with van der Waals surface area (Å²) < 4.78 is 5.73. The molecule has 1 aromatic carbocycles. The summed E-state index contributed by atoms with van der Waals surface area (Å²) in [6.45, 7) is 4.69. The van der Waals surface area contributed by atoms with Crippen molar-refractivity contribution in [3.63, 3.8) is 0 Å². The predicted octanol–water partition coefficient (Wildman–Crippen LogP) is 2.83. The number of benzene rings is 1. The summed E-state index contributed by atoms with van der Waals surface area (Å²) in [5.41, 5.74) is 1.81. The van der Waals surface area contributed by atoms with Gasteiger partial charge in [0.25, 0.3) is 5.56 Å². The number of aromatic hydroxyl groups is 1. The zero-order valence-electron chi connectivity index (χ0n) is 12.0. The van der Waals surface area contributed by atoms with Crippen LogP contribution in [-0.4, -0.2) is 21.7 Å². The molecule has 0 aliphatic heterocycles. The van der Waals surface area contributed by atoms with Gasteiger partial charge in [-0.05, 0) is 42.8 Å². The normalized spacial score (nSPS) is 10.6. The second kappa shape index (κ2) is 6.58. The highest BCUT2D eigenvalue weighted by Gasteiger charge is 2.10. The zero-order valence-corrected chi connectivity index (χ0v) is 12.8. The third-order valence-corrected chi connectivity index (χ3v) is 3.30. The largest absolute Gasteiger partial charge is 0.494 e. The summed E-state index contributed by atoms with van der Waals surface area (Å²) in [6.07, 6.45) is 1.27. The van der Waals surface area contributed by atoms with Gasteiger partial charge in [0, 0.05) is 6.42 Å². The summed E-state index contributed by atoms with van der Waals surface area (Å²) in [7, 11) is 0. The van der Waals surface area contributed by atoms with E-state index in [4.69, 9.17) is 17.0 Å². The Balaban J connectivity index is 2.27. The van der Waals surface area contributed by atoms with Gasteiger partial charge in [0.05, 0.1) is 12.2 Å². The molecule has 2 aromatic rings. The van der Waals surface area contributed by atoms with Crippen molar-refractivity contribution in [3.8, 4) is 11.6 Å². The fourth-order valence-corrected chi connectivity index (χ4v) is 2.25. The minimum atomic E-state index is -0.375. The predicted molar refractivity (Wildman–Crippen MR) is 83.7 cm³/mol. The first-order chi connectivity index (χ1) is 10.0. The second-order valence-corrected chi connectivity index (χ2v) is 5.27. The lowest BCUT2D eigenvalue weighted by molar-refractivity contribution is 0.315. The van der Waals surface area contributed by atoms with Crippen LogP contribution in [0.4, 0.5) is 0 Å².